The Bertz CT molecular complexity index is 249. The highest BCUT2D eigenvalue weighted by atomic mass is 16.2. The topological polar surface area (TPSA) is 44.1 Å². The number of carbonyl (C=O) groups excluding carboxylic acids is 1. The lowest BCUT2D eigenvalue weighted by Crippen LogP contribution is -2.46. The maximum Gasteiger partial charge on any atom is 0.243 e. The van der Waals surface area contributed by atoms with Crippen LogP contribution in [0.2, 0.25) is 0 Å². The molecule has 0 saturated carbocycles. The van der Waals surface area contributed by atoms with Crippen molar-refractivity contribution < 1.29 is 4.79 Å². The quantitative estimate of drug-likeness (QED) is 0.700. The molecular formula is C12H22N2O. The summed E-state index contributed by atoms with van der Waals surface area (Å²) in [5, 5.41) is 9.18. The first kappa shape index (κ1) is 14.0. The molecule has 0 bridgehead atoms. The molecule has 0 aliphatic heterocycles. The van der Waals surface area contributed by atoms with Crippen molar-refractivity contribution in [3.05, 3.63) is 0 Å². The highest BCUT2D eigenvalue weighted by Crippen LogP contribution is 2.28. The van der Waals surface area contributed by atoms with Gasteiger partial charge in [-0.05, 0) is 33.6 Å². The van der Waals surface area contributed by atoms with Crippen LogP contribution >= 0.6 is 0 Å². The molecule has 0 radical (unpaired) electrons. The highest BCUT2D eigenvalue weighted by molar-refractivity contribution is 5.85. The Hall–Kier alpha value is -1.04. The van der Waals surface area contributed by atoms with E-state index in [1.54, 1.807) is 4.90 Å². The second kappa shape index (κ2) is 5.75. The van der Waals surface area contributed by atoms with Gasteiger partial charge in [-0.2, -0.15) is 5.26 Å². The number of hydrogen-bond donors (Lipinski definition) is 0. The summed E-state index contributed by atoms with van der Waals surface area (Å²) in [5.41, 5.74) is -0.819. The van der Waals surface area contributed by atoms with Gasteiger partial charge in [-0.3, -0.25) is 4.79 Å². The third-order valence-corrected chi connectivity index (χ3v) is 3.06. The summed E-state index contributed by atoms with van der Waals surface area (Å²) in [7, 11) is 0. The summed E-state index contributed by atoms with van der Waals surface area (Å²) in [4.78, 5) is 14.0. The van der Waals surface area contributed by atoms with Crippen LogP contribution in [0.15, 0.2) is 0 Å². The molecule has 0 fully saturated rings. The molecule has 0 rings (SSSR count). The summed E-state index contributed by atoms with van der Waals surface area (Å²) >= 11 is 0. The summed E-state index contributed by atoms with van der Waals surface area (Å²) in [6.45, 7) is 10.4. The van der Waals surface area contributed by atoms with E-state index in [-0.39, 0.29) is 11.9 Å². The number of rotatable bonds is 5. The SMILES string of the molecule is CCN(C(=O)C(C#N)(CC)CC)C(C)C. The zero-order valence-electron chi connectivity index (χ0n) is 10.5. The minimum atomic E-state index is -0.819. The van der Waals surface area contributed by atoms with Gasteiger partial charge < -0.3 is 4.90 Å². The van der Waals surface area contributed by atoms with Crippen LogP contribution in [0.25, 0.3) is 0 Å². The van der Waals surface area contributed by atoms with Crippen LogP contribution < -0.4 is 0 Å². The predicted molar refractivity (Wildman–Crippen MR) is 61.2 cm³/mol. The smallest absolute Gasteiger partial charge is 0.243 e. The van der Waals surface area contributed by atoms with Crippen molar-refractivity contribution in [3.8, 4) is 6.07 Å². The van der Waals surface area contributed by atoms with Gasteiger partial charge in [0.25, 0.3) is 0 Å². The number of hydrogen-bond acceptors (Lipinski definition) is 2. The summed E-state index contributed by atoms with van der Waals surface area (Å²) in [5.74, 6) is -0.0208. The second-order valence-electron chi connectivity index (χ2n) is 4.09. The number of nitrogens with zero attached hydrogens (tertiary/aromatic N) is 2. The van der Waals surface area contributed by atoms with E-state index in [0.717, 1.165) is 0 Å². The molecule has 0 spiro atoms. The molecule has 15 heavy (non-hydrogen) atoms. The van der Waals surface area contributed by atoms with E-state index in [9.17, 15) is 10.1 Å². The second-order valence-corrected chi connectivity index (χ2v) is 4.09. The fourth-order valence-corrected chi connectivity index (χ4v) is 1.78. The maximum atomic E-state index is 12.2. The number of amides is 1. The van der Waals surface area contributed by atoms with E-state index < -0.39 is 5.41 Å². The van der Waals surface area contributed by atoms with Crippen LogP contribution in [0.4, 0.5) is 0 Å². The Kier molecular flexibility index (Phi) is 5.35. The zero-order valence-corrected chi connectivity index (χ0v) is 10.5. The lowest BCUT2D eigenvalue weighted by molar-refractivity contribution is -0.141. The third-order valence-electron chi connectivity index (χ3n) is 3.06. The zero-order chi connectivity index (χ0) is 12.1. The molecule has 0 aromatic carbocycles. The van der Waals surface area contributed by atoms with Crippen LogP contribution in [0.5, 0.6) is 0 Å². The van der Waals surface area contributed by atoms with E-state index in [2.05, 4.69) is 6.07 Å². The molecule has 0 saturated heterocycles. The van der Waals surface area contributed by atoms with Gasteiger partial charge in [0.15, 0.2) is 0 Å². The molecule has 3 nitrogen and oxygen atoms in total. The Morgan fingerprint density at radius 2 is 1.80 bits per heavy atom. The van der Waals surface area contributed by atoms with Crippen molar-refractivity contribution in [2.24, 2.45) is 5.41 Å². The normalized spacial score (nSPS) is 11.3. The van der Waals surface area contributed by atoms with Crippen molar-refractivity contribution in [1.29, 1.82) is 5.26 Å². The monoisotopic (exact) mass is 210 g/mol. The average Bonchev–Trinajstić information content (AvgIpc) is 2.22. The molecule has 0 heterocycles. The molecule has 0 unspecified atom stereocenters. The van der Waals surface area contributed by atoms with Crippen molar-refractivity contribution in [1.82, 2.24) is 4.90 Å². The van der Waals surface area contributed by atoms with E-state index in [1.807, 2.05) is 34.6 Å². The van der Waals surface area contributed by atoms with Crippen molar-refractivity contribution in [3.63, 3.8) is 0 Å². The van der Waals surface area contributed by atoms with Gasteiger partial charge in [-0.15, -0.1) is 0 Å². The fraction of sp³-hybridized carbons (Fsp3) is 0.833. The standard InChI is InChI=1S/C12H22N2O/c1-6-12(7-2,9-13)11(15)14(8-3)10(4)5/h10H,6-8H2,1-5H3. The van der Waals surface area contributed by atoms with Crippen LogP contribution in [-0.4, -0.2) is 23.4 Å². The van der Waals surface area contributed by atoms with Gasteiger partial charge in [0.1, 0.15) is 5.41 Å². The Balaban J connectivity index is 5.02. The number of carbonyl (C=O) groups is 1. The summed E-state index contributed by atoms with van der Waals surface area (Å²) < 4.78 is 0. The fourth-order valence-electron chi connectivity index (χ4n) is 1.78. The molecule has 0 N–H and O–H groups in total. The lowest BCUT2D eigenvalue weighted by atomic mass is 9.82. The molecule has 86 valence electrons. The van der Waals surface area contributed by atoms with Gasteiger partial charge in [0.05, 0.1) is 6.07 Å². The lowest BCUT2D eigenvalue weighted by Gasteiger charge is -2.33. The van der Waals surface area contributed by atoms with Gasteiger partial charge in [0.2, 0.25) is 5.91 Å². The molecule has 3 heteroatoms. The summed E-state index contributed by atoms with van der Waals surface area (Å²) in [6.07, 6.45) is 1.17. The Morgan fingerprint density at radius 3 is 2.00 bits per heavy atom. The number of nitriles is 1. The first-order chi connectivity index (χ1) is 6.98. The third kappa shape index (κ3) is 2.71. The van der Waals surface area contributed by atoms with Gasteiger partial charge >= 0.3 is 0 Å². The minimum Gasteiger partial charge on any atom is -0.339 e. The van der Waals surface area contributed by atoms with E-state index in [1.165, 1.54) is 0 Å². The molecule has 1 amide bonds. The Labute approximate surface area is 93.1 Å². The van der Waals surface area contributed by atoms with Gasteiger partial charge in [-0.25, -0.2) is 0 Å². The molecule has 0 atom stereocenters. The van der Waals surface area contributed by atoms with Crippen molar-refractivity contribution >= 4 is 5.91 Å². The molecule has 0 aliphatic carbocycles. The average molecular weight is 210 g/mol. The molecule has 0 aliphatic rings. The van der Waals surface area contributed by atoms with Crippen LogP contribution in [0.3, 0.4) is 0 Å². The van der Waals surface area contributed by atoms with Gasteiger partial charge in [-0.1, -0.05) is 13.8 Å². The largest absolute Gasteiger partial charge is 0.339 e. The van der Waals surface area contributed by atoms with Crippen LogP contribution in [-0.2, 0) is 4.79 Å². The molecule has 0 aromatic heterocycles. The van der Waals surface area contributed by atoms with Crippen LogP contribution in [0.1, 0.15) is 47.5 Å². The van der Waals surface area contributed by atoms with E-state index in [4.69, 9.17) is 0 Å². The predicted octanol–water partition coefficient (Wildman–Crippen LogP) is 2.57. The highest BCUT2D eigenvalue weighted by Gasteiger charge is 2.38. The maximum absolute atomic E-state index is 12.2. The van der Waals surface area contributed by atoms with Crippen LogP contribution in [0, 0.1) is 16.7 Å². The first-order valence-electron chi connectivity index (χ1n) is 5.71. The molecular weight excluding hydrogens is 188 g/mol. The Morgan fingerprint density at radius 1 is 1.33 bits per heavy atom. The molecule has 0 aromatic rings. The summed E-state index contributed by atoms with van der Waals surface area (Å²) in [6, 6.07) is 2.35. The first-order valence-corrected chi connectivity index (χ1v) is 5.71. The van der Waals surface area contributed by atoms with E-state index in [0.29, 0.717) is 19.4 Å². The van der Waals surface area contributed by atoms with Crippen molar-refractivity contribution in [2.45, 2.75) is 53.5 Å². The van der Waals surface area contributed by atoms with E-state index >= 15 is 0 Å². The van der Waals surface area contributed by atoms with Crippen molar-refractivity contribution in [2.75, 3.05) is 6.54 Å². The minimum absolute atomic E-state index is 0.0208. The van der Waals surface area contributed by atoms with Gasteiger partial charge in [0, 0.05) is 12.6 Å².